The summed E-state index contributed by atoms with van der Waals surface area (Å²) in [4.78, 5) is 15.9. The first-order chi connectivity index (χ1) is 8.54. The normalized spacial score (nSPS) is 16.6. The number of ether oxygens (including phenoxy) is 1. The van der Waals surface area contributed by atoms with E-state index in [-0.39, 0.29) is 5.69 Å². The quantitative estimate of drug-likeness (QED) is 0.812. The van der Waals surface area contributed by atoms with Gasteiger partial charge in [0.25, 0.3) is 0 Å². The molecular formula is C13H21N3O2. The smallest absolute Gasteiger partial charge is 0.360 e. The fourth-order valence-corrected chi connectivity index (χ4v) is 2.26. The molecule has 1 aromatic heterocycles. The van der Waals surface area contributed by atoms with Gasteiger partial charge in [0.1, 0.15) is 11.6 Å². The number of aryl methyl sites for hydroxylation is 1. The van der Waals surface area contributed by atoms with E-state index in [2.05, 4.69) is 11.9 Å². The molecule has 2 rings (SSSR count). The highest BCUT2D eigenvalue weighted by atomic mass is 16.5. The number of hydrogen-bond donors (Lipinski definition) is 1. The standard InChI is InChI=1S/C13H21N3O2/c1-4-18-13(17)11-12(14)16(9(3)15-11)7-8(2)10-5-6-10/h8,10H,4-7,14H2,1-3H3. The second-order valence-corrected chi connectivity index (χ2v) is 5.04. The van der Waals surface area contributed by atoms with Gasteiger partial charge in [-0.15, -0.1) is 0 Å². The summed E-state index contributed by atoms with van der Waals surface area (Å²) < 4.78 is 6.87. The van der Waals surface area contributed by atoms with Gasteiger partial charge in [0.05, 0.1) is 6.61 Å². The monoisotopic (exact) mass is 251 g/mol. The fourth-order valence-electron chi connectivity index (χ4n) is 2.26. The first-order valence-corrected chi connectivity index (χ1v) is 6.54. The zero-order valence-electron chi connectivity index (χ0n) is 11.3. The molecule has 1 atom stereocenters. The predicted octanol–water partition coefficient (Wildman–Crippen LogP) is 2.00. The number of carbonyl (C=O) groups excluding carboxylic acids is 1. The number of nitrogens with two attached hydrogens (primary N) is 1. The number of carbonyl (C=O) groups is 1. The molecule has 0 amide bonds. The molecule has 1 saturated carbocycles. The maximum Gasteiger partial charge on any atom is 0.360 e. The van der Waals surface area contributed by atoms with E-state index in [1.165, 1.54) is 12.8 Å². The number of anilines is 1. The molecule has 1 aromatic rings. The van der Waals surface area contributed by atoms with Crippen LogP contribution in [0.3, 0.4) is 0 Å². The Morgan fingerprint density at radius 2 is 2.28 bits per heavy atom. The van der Waals surface area contributed by atoms with Crippen molar-refractivity contribution < 1.29 is 9.53 Å². The van der Waals surface area contributed by atoms with Gasteiger partial charge in [-0.25, -0.2) is 9.78 Å². The number of rotatable bonds is 5. The van der Waals surface area contributed by atoms with Crippen LogP contribution in [-0.4, -0.2) is 22.1 Å². The summed E-state index contributed by atoms with van der Waals surface area (Å²) in [7, 11) is 0. The van der Waals surface area contributed by atoms with Crippen LogP contribution < -0.4 is 5.73 Å². The summed E-state index contributed by atoms with van der Waals surface area (Å²) in [5.74, 6) is 2.16. The van der Waals surface area contributed by atoms with Crippen molar-refractivity contribution in [3.8, 4) is 0 Å². The Kier molecular flexibility index (Phi) is 3.59. The van der Waals surface area contributed by atoms with Gasteiger partial charge in [-0.05, 0) is 38.5 Å². The molecule has 5 heteroatoms. The second kappa shape index (κ2) is 5.00. The van der Waals surface area contributed by atoms with Gasteiger partial charge in [0.15, 0.2) is 5.69 Å². The average Bonchev–Trinajstić information content (AvgIpc) is 3.12. The van der Waals surface area contributed by atoms with Crippen LogP contribution in [-0.2, 0) is 11.3 Å². The molecule has 18 heavy (non-hydrogen) atoms. The number of hydrogen-bond acceptors (Lipinski definition) is 4. The maximum atomic E-state index is 11.7. The van der Waals surface area contributed by atoms with Crippen LogP contribution in [0.2, 0.25) is 0 Å². The van der Waals surface area contributed by atoms with Crippen molar-refractivity contribution in [2.45, 2.75) is 40.2 Å². The molecule has 1 fully saturated rings. The summed E-state index contributed by atoms with van der Waals surface area (Å²) >= 11 is 0. The molecule has 0 radical (unpaired) electrons. The third-order valence-electron chi connectivity index (χ3n) is 3.56. The van der Waals surface area contributed by atoms with E-state index < -0.39 is 5.97 Å². The van der Waals surface area contributed by atoms with Crippen molar-refractivity contribution in [1.29, 1.82) is 0 Å². The zero-order valence-corrected chi connectivity index (χ0v) is 11.3. The number of esters is 1. The number of nitrogens with zero attached hydrogens (tertiary/aromatic N) is 2. The van der Waals surface area contributed by atoms with E-state index >= 15 is 0 Å². The van der Waals surface area contributed by atoms with Crippen molar-refractivity contribution in [2.75, 3.05) is 12.3 Å². The lowest BCUT2D eigenvalue weighted by atomic mass is 10.1. The van der Waals surface area contributed by atoms with Crippen molar-refractivity contribution in [3.63, 3.8) is 0 Å². The maximum absolute atomic E-state index is 11.7. The lowest BCUT2D eigenvalue weighted by Gasteiger charge is -2.13. The van der Waals surface area contributed by atoms with Crippen molar-refractivity contribution >= 4 is 11.8 Å². The van der Waals surface area contributed by atoms with Crippen molar-refractivity contribution in [3.05, 3.63) is 11.5 Å². The van der Waals surface area contributed by atoms with E-state index in [1.807, 2.05) is 11.5 Å². The van der Waals surface area contributed by atoms with Crippen LogP contribution in [0.5, 0.6) is 0 Å². The lowest BCUT2D eigenvalue weighted by molar-refractivity contribution is 0.0521. The van der Waals surface area contributed by atoms with Crippen molar-refractivity contribution in [1.82, 2.24) is 9.55 Å². The van der Waals surface area contributed by atoms with E-state index in [1.54, 1.807) is 6.92 Å². The highest BCUT2D eigenvalue weighted by Crippen LogP contribution is 2.37. The first-order valence-electron chi connectivity index (χ1n) is 6.54. The van der Waals surface area contributed by atoms with Crippen molar-refractivity contribution in [2.24, 2.45) is 11.8 Å². The van der Waals surface area contributed by atoms with E-state index in [9.17, 15) is 4.79 Å². The number of aromatic nitrogens is 2. The van der Waals surface area contributed by atoms with E-state index in [4.69, 9.17) is 10.5 Å². The first kappa shape index (κ1) is 12.9. The number of imidazole rings is 1. The molecule has 0 saturated heterocycles. The van der Waals surface area contributed by atoms with Crippen LogP contribution in [0.25, 0.3) is 0 Å². The average molecular weight is 251 g/mol. The van der Waals surface area contributed by atoms with Gasteiger partial charge in [-0.2, -0.15) is 0 Å². The predicted molar refractivity (Wildman–Crippen MR) is 69.2 cm³/mol. The topological polar surface area (TPSA) is 70.1 Å². The van der Waals surface area contributed by atoms with E-state index in [0.717, 1.165) is 18.3 Å². The molecule has 1 aliphatic rings. The van der Waals surface area contributed by atoms with Crippen LogP contribution >= 0.6 is 0 Å². The Morgan fingerprint density at radius 3 is 2.83 bits per heavy atom. The Hall–Kier alpha value is -1.52. The van der Waals surface area contributed by atoms with Gasteiger partial charge >= 0.3 is 5.97 Å². The van der Waals surface area contributed by atoms with Crippen LogP contribution in [0.1, 0.15) is 43.0 Å². The molecule has 0 aliphatic heterocycles. The molecule has 2 N–H and O–H groups in total. The number of nitrogen functional groups attached to an aromatic ring is 1. The summed E-state index contributed by atoms with van der Waals surface area (Å²) in [5, 5.41) is 0. The molecule has 1 aliphatic carbocycles. The fraction of sp³-hybridized carbons (Fsp3) is 0.692. The van der Waals surface area contributed by atoms with Gasteiger partial charge in [0, 0.05) is 6.54 Å². The largest absolute Gasteiger partial charge is 0.461 e. The van der Waals surface area contributed by atoms with E-state index in [0.29, 0.717) is 18.3 Å². The molecule has 0 bridgehead atoms. The zero-order chi connectivity index (χ0) is 13.3. The van der Waals surface area contributed by atoms with Crippen LogP contribution in [0.4, 0.5) is 5.82 Å². The van der Waals surface area contributed by atoms with Crippen LogP contribution in [0.15, 0.2) is 0 Å². The Labute approximate surface area is 107 Å². The van der Waals surface area contributed by atoms with Crippen LogP contribution in [0, 0.1) is 18.8 Å². The Morgan fingerprint density at radius 1 is 1.61 bits per heavy atom. The Bertz CT molecular complexity index is 449. The summed E-state index contributed by atoms with van der Waals surface area (Å²) in [6.45, 7) is 7.03. The lowest BCUT2D eigenvalue weighted by Crippen LogP contribution is -2.14. The molecule has 0 aromatic carbocycles. The summed E-state index contributed by atoms with van der Waals surface area (Å²) in [6, 6.07) is 0. The minimum Gasteiger partial charge on any atom is -0.461 e. The highest BCUT2D eigenvalue weighted by Gasteiger charge is 2.29. The van der Waals surface area contributed by atoms with Gasteiger partial charge in [-0.3, -0.25) is 0 Å². The SMILES string of the molecule is CCOC(=O)c1nc(C)n(CC(C)C2CC2)c1N. The minimum absolute atomic E-state index is 0.248. The third kappa shape index (κ3) is 2.49. The summed E-state index contributed by atoms with van der Waals surface area (Å²) in [6.07, 6.45) is 2.61. The molecule has 1 unspecified atom stereocenters. The van der Waals surface area contributed by atoms with Gasteiger partial charge in [-0.1, -0.05) is 6.92 Å². The molecular weight excluding hydrogens is 230 g/mol. The minimum atomic E-state index is -0.434. The second-order valence-electron chi connectivity index (χ2n) is 5.04. The summed E-state index contributed by atoms with van der Waals surface area (Å²) in [5.41, 5.74) is 6.25. The third-order valence-corrected chi connectivity index (χ3v) is 3.56. The molecule has 1 heterocycles. The molecule has 5 nitrogen and oxygen atoms in total. The molecule has 100 valence electrons. The highest BCUT2D eigenvalue weighted by molar-refractivity contribution is 5.92. The molecule has 0 spiro atoms. The van der Waals surface area contributed by atoms with Gasteiger partial charge < -0.3 is 15.0 Å². The Balaban J connectivity index is 2.17. The van der Waals surface area contributed by atoms with Gasteiger partial charge in [0.2, 0.25) is 0 Å².